The number of methoxy groups -OCH3 is 1. The summed E-state index contributed by atoms with van der Waals surface area (Å²) < 4.78 is 17.8. The number of hydrogen-bond donors (Lipinski definition) is 0. The van der Waals surface area contributed by atoms with E-state index >= 15 is 0 Å². The molecule has 0 aliphatic heterocycles. The lowest BCUT2D eigenvalue weighted by Crippen LogP contribution is -2.14. The molecule has 0 N–H and O–H groups in total. The molecule has 1 nitrogen and oxygen atoms in total. The number of hydrogen-bond acceptors (Lipinski definition) is 1. The topological polar surface area (TPSA) is 9.23 Å². The van der Waals surface area contributed by atoms with Gasteiger partial charge in [-0.05, 0) is 11.5 Å². The molecule has 0 heterocycles. The van der Waals surface area contributed by atoms with Gasteiger partial charge < -0.3 is 4.74 Å². The Balaban J connectivity index is 2.99. The first-order valence-electron chi connectivity index (χ1n) is 3.60. The Morgan fingerprint density at radius 1 is 1.45 bits per heavy atom. The third kappa shape index (κ3) is 1.73. The second-order valence-corrected chi connectivity index (χ2v) is 2.31. The lowest BCUT2D eigenvalue weighted by Gasteiger charge is -2.01. The van der Waals surface area contributed by atoms with Crippen molar-refractivity contribution >= 4 is 12.7 Å². The molecule has 1 aromatic carbocycles. The van der Waals surface area contributed by atoms with Crippen LogP contribution in [-0.2, 0) is 0 Å². The molecule has 0 spiro atoms. The third-order valence-electron chi connectivity index (χ3n) is 1.64. The van der Waals surface area contributed by atoms with Crippen LogP contribution in [-0.4, -0.2) is 14.4 Å². The molecular formula is C8H10BFO. The molecule has 0 aliphatic carbocycles. The molecule has 0 atom stereocenters. The maximum Gasteiger partial charge on any atom is 0.158 e. The van der Waals surface area contributed by atoms with Gasteiger partial charge in [0.25, 0.3) is 0 Å². The first-order chi connectivity index (χ1) is 5.27. The molecule has 0 aliphatic rings. The number of benzene rings is 1. The van der Waals surface area contributed by atoms with Crippen molar-refractivity contribution < 1.29 is 9.13 Å². The SMILES string of the molecule is CBc1ccc(OC)cc1F. The monoisotopic (exact) mass is 152 g/mol. The highest BCUT2D eigenvalue weighted by Gasteiger charge is 2.00. The average Bonchev–Trinajstić information content (AvgIpc) is 2.04. The fourth-order valence-corrected chi connectivity index (χ4v) is 0.942. The summed E-state index contributed by atoms with van der Waals surface area (Å²) in [5.74, 6) is 0.381. The highest BCUT2D eigenvalue weighted by Crippen LogP contribution is 2.08. The molecule has 58 valence electrons. The predicted octanol–water partition coefficient (Wildman–Crippen LogP) is 0.944. The number of ether oxygens (including phenoxy) is 1. The van der Waals surface area contributed by atoms with Crippen LogP contribution >= 0.6 is 0 Å². The molecule has 11 heavy (non-hydrogen) atoms. The molecule has 0 unspecified atom stereocenters. The van der Waals surface area contributed by atoms with Crippen molar-refractivity contribution in [1.82, 2.24) is 0 Å². The Morgan fingerprint density at radius 3 is 2.64 bits per heavy atom. The van der Waals surface area contributed by atoms with Crippen LogP contribution in [0.15, 0.2) is 18.2 Å². The van der Waals surface area contributed by atoms with Crippen LogP contribution in [0.3, 0.4) is 0 Å². The van der Waals surface area contributed by atoms with E-state index in [1.165, 1.54) is 13.2 Å². The minimum absolute atomic E-state index is 0.188. The van der Waals surface area contributed by atoms with Gasteiger partial charge in [-0.25, -0.2) is 4.39 Å². The summed E-state index contributed by atoms with van der Waals surface area (Å²) in [7, 11) is 2.25. The van der Waals surface area contributed by atoms with Crippen molar-refractivity contribution in [3.63, 3.8) is 0 Å². The maximum atomic E-state index is 13.0. The van der Waals surface area contributed by atoms with Crippen LogP contribution in [0.25, 0.3) is 0 Å². The Bertz CT molecular complexity index is 250. The van der Waals surface area contributed by atoms with E-state index in [9.17, 15) is 4.39 Å². The Hall–Kier alpha value is -0.985. The molecule has 1 rings (SSSR count). The van der Waals surface area contributed by atoms with Crippen molar-refractivity contribution in [1.29, 1.82) is 0 Å². The van der Waals surface area contributed by atoms with Crippen molar-refractivity contribution in [2.45, 2.75) is 6.82 Å². The zero-order chi connectivity index (χ0) is 8.27. The molecule has 0 aromatic heterocycles. The summed E-state index contributed by atoms with van der Waals surface area (Å²) in [5.41, 5.74) is 0.728. The summed E-state index contributed by atoms with van der Waals surface area (Å²) >= 11 is 0. The maximum absolute atomic E-state index is 13.0. The van der Waals surface area contributed by atoms with E-state index in [4.69, 9.17) is 4.74 Å². The first-order valence-corrected chi connectivity index (χ1v) is 3.60. The van der Waals surface area contributed by atoms with Gasteiger partial charge in [0.15, 0.2) is 7.28 Å². The van der Waals surface area contributed by atoms with Gasteiger partial charge in [-0.15, -0.1) is 0 Å². The Morgan fingerprint density at radius 2 is 2.18 bits per heavy atom. The highest BCUT2D eigenvalue weighted by atomic mass is 19.1. The molecule has 3 heteroatoms. The van der Waals surface area contributed by atoms with Gasteiger partial charge in [0, 0.05) is 6.07 Å². The van der Waals surface area contributed by atoms with E-state index in [0.717, 1.165) is 12.7 Å². The fourth-order valence-electron chi connectivity index (χ4n) is 0.942. The van der Waals surface area contributed by atoms with Crippen LogP contribution in [0.4, 0.5) is 4.39 Å². The Kier molecular flexibility index (Phi) is 2.52. The van der Waals surface area contributed by atoms with Gasteiger partial charge in [-0.3, -0.25) is 0 Å². The minimum atomic E-state index is -0.188. The van der Waals surface area contributed by atoms with E-state index in [1.807, 2.05) is 6.82 Å². The predicted molar refractivity (Wildman–Crippen MR) is 45.6 cm³/mol. The van der Waals surface area contributed by atoms with Gasteiger partial charge in [-0.2, -0.15) is 0 Å². The summed E-state index contributed by atoms with van der Waals surface area (Å²) in [6, 6.07) is 4.91. The van der Waals surface area contributed by atoms with Crippen molar-refractivity contribution in [3.8, 4) is 5.75 Å². The van der Waals surface area contributed by atoms with Crippen LogP contribution < -0.4 is 10.2 Å². The van der Waals surface area contributed by atoms with Gasteiger partial charge in [-0.1, -0.05) is 12.9 Å². The fraction of sp³-hybridized carbons (Fsp3) is 0.250. The normalized spacial score (nSPS) is 9.36. The summed E-state index contributed by atoms with van der Waals surface area (Å²) in [5, 5.41) is 0. The van der Waals surface area contributed by atoms with Gasteiger partial charge >= 0.3 is 0 Å². The third-order valence-corrected chi connectivity index (χ3v) is 1.64. The lowest BCUT2D eigenvalue weighted by atomic mass is 9.73. The molecule has 0 radical (unpaired) electrons. The molecule has 0 amide bonds. The summed E-state index contributed by atoms with van der Waals surface area (Å²) in [6.07, 6.45) is 0. The molecule has 0 saturated carbocycles. The standard InChI is InChI=1S/C8H10BFO/c1-9-7-4-3-6(11-2)5-8(7)10/h3-5,9H,1-2H3. The zero-order valence-electron chi connectivity index (χ0n) is 6.73. The quantitative estimate of drug-likeness (QED) is 0.573. The van der Waals surface area contributed by atoms with E-state index < -0.39 is 0 Å². The van der Waals surface area contributed by atoms with Gasteiger partial charge in [0.05, 0.1) is 7.11 Å². The van der Waals surface area contributed by atoms with E-state index in [1.54, 1.807) is 12.1 Å². The van der Waals surface area contributed by atoms with Crippen molar-refractivity contribution in [3.05, 3.63) is 24.0 Å². The molecule has 0 saturated heterocycles. The Labute approximate surface area is 66.4 Å². The number of halogens is 1. The van der Waals surface area contributed by atoms with E-state index in [-0.39, 0.29) is 5.82 Å². The average molecular weight is 152 g/mol. The lowest BCUT2D eigenvalue weighted by molar-refractivity contribution is 0.411. The van der Waals surface area contributed by atoms with Gasteiger partial charge in [0.2, 0.25) is 0 Å². The van der Waals surface area contributed by atoms with Crippen LogP contribution in [0.1, 0.15) is 0 Å². The summed E-state index contributed by atoms with van der Waals surface area (Å²) in [6.45, 7) is 1.92. The molecular weight excluding hydrogens is 142 g/mol. The van der Waals surface area contributed by atoms with Crippen LogP contribution in [0.2, 0.25) is 6.82 Å². The largest absolute Gasteiger partial charge is 0.497 e. The zero-order valence-corrected chi connectivity index (χ0v) is 6.73. The smallest absolute Gasteiger partial charge is 0.158 e. The van der Waals surface area contributed by atoms with Gasteiger partial charge in [0.1, 0.15) is 11.6 Å². The first kappa shape index (κ1) is 8.11. The van der Waals surface area contributed by atoms with E-state index in [0.29, 0.717) is 5.75 Å². The van der Waals surface area contributed by atoms with Crippen molar-refractivity contribution in [2.75, 3.05) is 7.11 Å². The second-order valence-electron chi connectivity index (χ2n) is 2.31. The van der Waals surface area contributed by atoms with Crippen molar-refractivity contribution in [2.24, 2.45) is 0 Å². The second kappa shape index (κ2) is 3.42. The van der Waals surface area contributed by atoms with Crippen LogP contribution in [0.5, 0.6) is 5.75 Å². The number of rotatable bonds is 2. The minimum Gasteiger partial charge on any atom is -0.497 e. The van der Waals surface area contributed by atoms with Crippen LogP contribution in [0, 0.1) is 5.82 Å². The molecule has 1 aromatic rings. The molecule has 0 fully saturated rings. The van der Waals surface area contributed by atoms with E-state index in [2.05, 4.69) is 0 Å². The molecule has 0 bridgehead atoms. The summed E-state index contributed by atoms with van der Waals surface area (Å²) in [4.78, 5) is 0. The highest BCUT2D eigenvalue weighted by molar-refractivity contribution is 6.52.